The third kappa shape index (κ3) is 4.45. The first kappa shape index (κ1) is 16.8. The molecule has 2 unspecified atom stereocenters. The fourth-order valence-electron chi connectivity index (χ4n) is 2.82. The van der Waals surface area contributed by atoms with E-state index in [9.17, 15) is 9.90 Å². The average Bonchev–Trinajstić information content (AvgIpc) is 3.32. The van der Waals surface area contributed by atoms with Crippen LogP contribution in [0, 0.1) is 5.92 Å². The summed E-state index contributed by atoms with van der Waals surface area (Å²) in [5, 5.41) is 15.9. The molecule has 0 heterocycles. The van der Waals surface area contributed by atoms with Gasteiger partial charge in [0.25, 0.3) is 0 Å². The van der Waals surface area contributed by atoms with Crippen LogP contribution in [0.1, 0.15) is 33.1 Å². The van der Waals surface area contributed by atoms with Crippen LogP contribution in [0.2, 0.25) is 0 Å². The number of carbonyl (C=O) groups is 1. The Morgan fingerprint density at radius 3 is 2.82 bits per heavy atom. The molecular formula is C17H26N2O3. The second-order valence-corrected chi connectivity index (χ2v) is 6.38. The number of carbonyl (C=O) groups excluding carboxylic acids is 1. The van der Waals surface area contributed by atoms with E-state index in [4.69, 9.17) is 4.74 Å². The van der Waals surface area contributed by atoms with Crippen molar-refractivity contribution in [3.63, 3.8) is 0 Å². The molecule has 22 heavy (non-hydrogen) atoms. The summed E-state index contributed by atoms with van der Waals surface area (Å²) in [6.45, 7) is 4.10. The lowest BCUT2D eigenvalue weighted by Crippen LogP contribution is -2.52. The Labute approximate surface area is 132 Å². The molecule has 1 amide bonds. The third-order valence-electron chi connectivity index (χ3n) is 4.23. The average molecular weight is 306 g/mol. The summed E-state index contributed by atoms with van der Waals surface area (Å²) < 4.78 is 5.14. The quantitative estimate of drug-likeness (QED) is 0.688. The predicted octanol–water partition coefficient (Wildman–Crippen LogP) is 2.16. The summed E-state index contributed by atoms with van der Waals surface area (Å²) in [5.41, 5.74) is 0.444. The molecular weight excluding hydrogens is 280 g/mol. The van der Waals surface area contributed by atoms with Crippen molar-refractivity contribution in [3.8, 4) is 5.75 Å². The van der Waals surface area contributed by atoms with Crippen molar-refractivity contribution in [1.29, 1.82) is 0 Å². The van der Waals surface area contributed by atoms with Gasteiger partial charge in [-0.25, -0.2) is 0 Å². The largest absolute Gasteiger partial charge is 0.497 e. The number of ether oxygens (including phenoxy) is 1. The summed E-state index contributed by atoms with van der Waals surface area (Å²) in [6, 6.07) is 7.30. The number of rotatable bonds is 8. The Morgan fingerprint density at radius 2 is 2.23 bits per heavy atom. The van der Waals surface area contributed by atoms with Gasteiger partial charge in [0.15, 0.2) is 0 Å². The Kier molecular flexibility index (Phi) is 5.42. The molecule has 5 heteroatoms. The highest BCUT2D eigenvalue weighted by Gasteiger charge is 2.41. The molecule has 0 aromatic heterocycles. The topological polar surface area (TPSA) is 70.6 Å². The maximum absolute atomic E-state index is 12.1. The molecule has 0 spiro atoms. The van der Waals surface area contributed by atoms with Gasteiger partial charge in [0.05, 0.1) is 13.7 Å². The highest BCUT2D eigenvalue weighted by molar-refractivity contribution is 5.91. The third-order valence-corrected chi connectivity index (χ3v) is 4.23. The van der Waals surface area contributed by atoms with Crippen molar-refractivity contribution >= 4 is 11.6 Å². The van der Waals surface area contributed by atoms with E-state index in [2.05, 4.69) is 10.6 Å². The number of benzene rings is 1. The number of hydrogen-bond acceptors (Lipinski definition) is 4. The molecule has 5 nitrogen and oxygen atoms in total. The summed E-state index contributed by atoms with van der Waals surface area (Å²) in [5.74, 6) is 1.18. The molecule has 1 aliphatic carbocycles. The van der Waals surface area contributed by atoms with Crippen molar-refractivity contribution in [2.45, 2.75) is 44.7 Å². The molecule has 0 bridgehead atoms. The van der Waals surface area contributed by atoms with E-state index < -0.39 is 0 Å². The lowest BCUT2D eigenvalue weighted by atomic mass is 9.95. The zero-order valence-corrected chi connectivity index (χ0v) is 13.6. The molecule has 1 aliphatic rings. The first-order valence-electron chi connectivity index (χ1n) is 7.79. The zero-order chi connectivity index (χ0) is 16.2. The summed E-state index contributed by atoms with van der Waals surface area (Å²) in [4.78, 5) is 12.1. The van der Waals surface area contributed by atoms with Gasteiger partial charge in [-0.2, -0.15) is 0 Å². The predicted molar refractivity (Wildman–Crippen MR) is 87.1 cm³/mol. The van der Waals surface area contributed by atoms with Crippen LogP contribution in [0.4, 0.5) is 5.69 Å². The Bertz CT molecular complexity index is 516. The van der Waals surface area contributed by atoms with E-state index >= 15 is 0 Å². The van der Waals surface area contributed by atoms with Gasteiger partial charge in [0.2, 0.25) is 5.91 Å². The first-order chi connectivity index (χ1) is 10.5. The summed E-state index contributed by atoms with van der Waals surface area (Å²) in [7, 11) is 1.60. The number of nitrogens with one attached hydrogen (secondary N) is 2. The van der Waals surface area contributed by atoms with E-state index in [1.165, 1.54) is 0 Å². The van der Waals surface area contributed by atoms with E-state index in [0.29, 0.717) is 18.1 Å². The molecule has 1 aromatic carbocycles. The normalized spacial score (nSPS) is 18.4. The van der Waals surface area contributed by atoms with Crippen LogP contribution >= 0.6 is 0 Å². The van der Waals surface area contributed by atoms with Gasteiger partial charge in [-0.05, 0) is 44.7 Å². The van der Waals surface area contributed by atoms with Crippen molar-refractivity contribution < 1.29 is 14.6 Å². The van der Waals surface area contributed by atoms with Crippen molar-refractivity contribution in [3.05, 3.63) is 24.3 Å². The summed E-state index contributed by atoms with van der Waals surface area (Å²) in [6.07, 6.45) is 2.65. The lowest BCUT2D eigenvalue weighted by Gasteiger charge is -2.32. The second kappa shape index (κ2) is 7.11. The monoisotopic (exact) mass is 306 g/mol. The fraction of sp³-hybridized carbons (Fsp3) is 0.588. The molecule has 122 valence electrons. The Morgan fingerprint density at radius 1 is 1.50 bits per heavy atom. The molecule has 2 rings (SSSR count). The highest BCUT2D eigenvalue weighted by atomic mass is 16.5. The van der Waals surface area contributed by atoms with E-state index in [1.807, 2.05) is 32.0 Å². The SMILES string of the molecule is COc1cccc(NC(=O)CC(C)NC(C)(CO)C2CC2)c1. The van der Waals surface area contributed by atoms with Crippen molar-refractivity contribution in [2.24, 2.45) is 5.92 Å². The standard InChI is InChI=1S/C17H26N2O3/c1-12(19-17(2,11-20)13-7-8-13)9-16(21)18-14-5-4-6-15(10-14)22-3/h4-6,10,12-13,19-20H,7-9,11H2,1-3H3,(H,18,21). The minimum absolute atomic E-state index is 0.00311. The minimum atomic E-state index is -0.282. The van der Waals surface area contributed by atoms with Gasteiger partial charge < -0.3 is 20.5 Å². The van der Waals surface area contributed by atoms with Crippen molar-refractivity contribution in [2.75, 3.05) is 19.0 Å². The van der Waals surface area contributed by atoms with Crippen molar-refractivity contribution in [1.82, 2.24) is 5.32 Å². The Hall–Kier alpha value is -1.59. The van der Waals surface area contributed by atoms with E-state index in [1.54, 1.807) is 13.2 Å². The van der Waals surface area contributed by atoms with Gasteiger partial charge in [-0.1, -0.05) is 6.07 Å². The van der Waals surface area contributed by atoms with E-state index in [-0.39, 0.29) is 24.1 Å². The Balaban J connectivity index is 1.85. The van der Waals surface area contributed by atoms with Gasteiger partial charge >= 0.3 is 0 Å². The smallest absolute Gasteiger partial charge is 0.225 e. The molecule has 1 saturated carbocycles. The molecule has 1 aromatic rings. The first-order valence-corrected chi connectivity index (χ1v) is 7.79. The second-order valence-electron chi connectivity index (χ2n) is 6.38. The van der Waals surface area contributed by atoms with Crippen LogP contribution < -0.4 is 15.4 Å². The van der Waals surface area contributed by atoms with Crippen LogP contribution in [0.3, 0.4) is 0 Å². The molecule has 3 N–H and O–H groups in total. The van der Waals surface area contributed by atoms with Gasteiger partial charge in [-0.15, -0.1) is 0 Å². The number of anilines is 1. The van der Waals surface area contributed by atoms with Crippen LogP contribution in [0.15, 0.2) is 24.3 Å². The van der Waals surface area contributed by atoms with Gasteiger partial charge in [0, 0.05) is 29.8 Å². The molecule has 0 aliphatic heterocycles. The van der Waals surface area contributed by atoms with Crippen LogP contribution in [0.5, 0.6) is 5.75 Å². The summed E-state index contributed by atoms with van der Waals surface area (Å²) >= 11 is 0. The van der Waals surface area contributed by atoms with Gasteiger partial charge in [0.1, 0.15) is 5.75 Å². The molecule has 0 saturated heterocycles. The molecule has 1 fully saturated rings. The number of methoxy groups -OCH3 is 1. The van der Waals surface area contributed by atoms with Crippen LogP contribution in [0.25, 0.3) is 0 Å². The molecule has 0 radical (unpaired) electrons. The maximum atomic E-state index is 12.1. The van der Waals surface area contributed by atoms with Crippen LogP contribution in [-0.4, -0.2) is 36.3 Å². The maximum Gasteiger partial charge on any atom is 0.225 e. The van der Waals surface area contributed by atoms with Gasteiger partial charge in [-0.3, -0.25) is 4.79 Å². The minimum Gasteiger partial charge on any atom is -0.497 e. The fourth-order valence-corrected chi connectivity index (χ4v) is 2.82. The number of amides is 1. The number of aliphatic hydroxyl groups excluding tert-OH is 1. The lowest BCUT2D eigenvalue weighted by molar-refractivity contribution is -0.116. The van der Waals surface area contributed by atoms with E-state index in [0.717, 1.165) is 18.5 Å². The number of aliphatic hydroxyl groups is 1. The zero-order valence-electron chi connectivity index (χ0n) is 13.6. The highest BCUT2D eigenvalue weighted by Crippen LogP contribution is 2.39. The van der Waals surface area contributed by atoms with Crippen LogP contribution in [-0.2, 0) is 4.79 Å². The number of hydrogen-bond donors (Lipinski definition) is 3. The molecule has 2 atom stereocenters.